The Kier molecular flexibility index (Phi) is 4.81. The van der Waals surface area contributed by atoms with Crippen molar-refractivity contribution in [3.8, 4) is 17.9 Å². The molecule has 6 nitrogen and oxygen atoms in total. The maximum absolute atomic E-state index is 11.2. The van der Waals surface area contributed by atoms with E-state index < -0.39 is 0 Å². The fraction of sp³-hybridized carbons (Fsp3) is 0.118. The minimum Gasteiger partial charge on any atom is -0.494 e. The van der Waals surface area contributed by atoms with E-state index in [1.807, 2.05) is 0 Å². The number of methoxy groups -OCH3 is 1. The molecule has 0 fully saturated rings. The Labute approximate surface area is 133 Å². The molecule has 0 aliphatic heterocycles. The van der Waals surface area contributed by atoms with Gasteiger partial charge in [-0.1, -0.05) is 6.07 Å². The summed E-state index contributed by atoms with van der Waals surface area (Å²) in [6, 6.07) is 14.1. The van der Waals surface area contributed by atoms with E-state index in [-0.39, 0.29) is 5.91 Å². The van der Waals surface area contributed by atoms with Gasteiger partial charge in [0.2, 0.25) is 5.91 Å². The highest BCUT2D eigenvalue weighted by Gasteiger charge is 2.11. The standard InChI is InChI=1S/C17H14N4O2/c1-11(22)20-15-7-6-14(8-16(15)23-2)21-17-12(9-18)4-3-5-13(17)10-19/h3-8,21H,1-2H3,(H,20,22). The van der Waals surface area contributed by atoms with Crippen LogP contribution in [0.25, 0.3) is 0 Å². The van der Waals surface area contributed by atoms with Crippen molar-refractivity contribution in [2.24, 2.45) is 0 Å². The van der Waals surface area contributed by atoms with Crippen LogP contribution in [0.15, 0.2) is 36.4 Å². The van der Waals surface area contributed by atoms with Crippen molar-refractivity contribution in [1.82, 2.24) is 0 Å². The number of para-hydroxylation sites is 1. The van der Waals surface area contributed by atoms with Crippen molar-refractivity contribution < 1.29 is 9.53 Å². The van der Waals surface area contributed by atoms with Crippen molar-refractivity contribution in [2.75, 3.05) is 17.7 Å². The SMILES string of the molecule is COc1cc(Nc2c(C#N)cccc2C#N)ccc1NC(C)=O. The highest BCUT2D eigenvalue weighted by atomic mass is 16.5. The Hall–Kier alpha value is -3.51. The first-order valence-corrected chi connectivity index (χ1v) is 6.75. The molecule has 0 aliphatic carbocycles. The van der Waals surface area contributed by atoms with Crippen LogP contribution in [0.4, 0.5) is 17.1 Å². The molecule has 114 valence electrons. The van der Waals surface area contributed by atoms with Gasteiger partial charge in [-0.25, -0.2) is 0 Å². The Morgan fingerprint density at radius 2 is 1.78 bits per heavy atom. The molecule has 0 radical (unpaired) electrons. The van der Waals surface area contributed by atoms with Gasteiger partial charge in [0.25, 0.3) is 0 Å². The van der Waals surface area contributed by atoms with Gasteiger partial charge >= 0.3 is 0 Å². The lowest BCUT2D eigenvalue weighted by molar-refractivity contribution is -0.114. The molecule has 0 heterocycles. The second-order valence-corrected chi connectivity index (χ2v) is 4.67. The molecule has 2 aromatic carbocycles. The number of rotatable bonds is 4. The lowest BCUT2D eigenvalue weighted by Crippen LogP contribution is -2.07. The van der Waals surface area contributed by atoms with E-state index in [4.69, 9.17) is 4.74 Å². The smallest absolute Gasteiger partial charge is 0.221 e. The average molecular weight is 306 g/mol. The van der Waals surface area contributed by atoms with Gasteiger partial charge in [0.1, 0.15) is 17.9 Å². The number of nitriles is 2. The molecule has 2 rings (SSSR count). The molecule has 0 spiro atoms. The van der Waals surface area contributed by atoms with Crippen molar-refractivity contribution in [1.29, 1.82) is 10.5 Å². The van der Waals surface area contributed by atoms with Crippen LogP contribution in [-0.2, 0) is 4.79 Å². The number of ether oxygens (including phenoxy) is 1. The van der Waals surface area contributed by atoms with E-state index >= 15 is 0 Å². The molecule has 0 unspecified atom stereocenters. The van der Waals surface area contributed by atoms with Crippen molar-refractivity contribution in [2.45, 2.75) is 6.92 Å². The van der Waals surface area contributed by atoms with Gasteiger partial charge in [0, 0.05) is 18.7 Å². The predicted molar refractivity (Wildman–Crippen MR) is 86.5 cm³/mol. The number of carbonyl (C=O) groups is 1. The molecule has 2 N–H and O–H groups in total. The zero-order chi connectivity index (χ0) is 16.8. The van der Waals surface area contributed by atoms with Crippen molar-refractivity contribution >= 4 is 23.0 Å². The molecule has 0 atom stereocenters. The highest BCUT2D eigenvalue weighted by molar-refractivity contribution is 5.91. The summed E-state index contributed by atoms with van der Waals surface area (Å²) in [6.07, 6.45) is 0. The second kappa shape index (κ2) is 6.97. The van der Waals surface area contributed by atoms with E-state index in [9.17, 15) is 15.3 Å². The van der Waals surface area contributed by atoms with Crippen molar-refractivity contribution in [3.05, 3.63) is 47.5 Å². The zero-order valence-corrected chi connectivity index (χ0v) is 12.7. The van der Waals surface area contributed by atoms with E-state index in [0.29, 0.717) is 33.9 Å². The summed E-state index contributed by atoms with van der Waals surface area (Å²) in [6.45, 7) is 1.41. The monoisotopic (exact) mass is 306 g/mol. The molecule has 23 heavy (non-hydrogen) atoms. The third-order valence-corrected chi connectivity index (χ3v) is 3.09. The first-order valence-electron chi connectivity index (χ1n) is 6.75. The van der Waals surface area contributed by atoms with Gasteiger partial charge in [-0.15, -0.1) is 0 Å². The maximum Gasteiger partial charge on any atom is 0.221 e. The van der Waals surface area contributed by atoms with Crippen LogP contribution in [0, 0.1) is 22.7 Å². The summed E-state index contributed by atoms with van der Waals surface area (Å²) in [7, 11) is 1.49. The zero-order valence-electron chi connectivity index (χ0n) is 12.7. The summed E-state index contributed by atoms with van der Waals surface area (Å²) in [5.74, 6) is 0.267. The van der Waals surface area contributed by atoms with Gasteiger partial charge in [-0.3, -0.25) is 4.79 Å². The van der Waals surface area contributed by atoms with Crippen LogP contribution in [0.5, 0.6) is 5.75 Å². The Bertz CT molecular complexity index is 799. The molecule has 0 aliphatic rings. The van der Waals surface area contributed by atoms with Crippen LogP contribution in [-0.4, -0.2) is 13.0 Å². The molecule has 1 amide bonds. The highest BCUT2D eigenvalue weighted by Crippen LogP contribution is 2.31. The molecular formula is C17H14N4O2. The van der Waals surface area contributed by atoms with E-state index in [1.54, 1.807) is 36.4 Å². The number of hydrogen-bond donors (Lipinski definition) is 2. The Morgan fingerprint density at radius 3 is 2.30 bits per heavy atom. The summed E-state index contributed by atoms with van der Waals surface area (Å²) < 4.78 is 5.25. The van der Waals surface area contributed by atoms with Crippen molar-refractivity contribution in [3.63, 3.8) is 0 Å². The summed E-state index contributed by atoms with van der Waals surface area (Å²) in [5.41, 5.74) is 2.35. The number of anilines is 3. The number of hydrogen-bond acceptors (Lipinski definition) is 5. The van der Waals surface area contributed by atoms with Gasteiger partial charge in [0.05, 0.1) is 29.6 Å². The molecule has 0 saturated heterocycles. The van der Waals surface area contributed by atoms with Gasteiger partial charge < -0.3 is 15.4 Å². The van der Waals surface area contributed by atoms with E-state index in [2.05, 4.69) is 22.8 Å². The number of carbonyl (C=O) groups excluding carboxylic acids is 1. The van der Waals surface area contributed by atoms with Crippen LogP contribution in [0.1, 0.15) is 18.1 Å². The summed E-state index contributed by atoms with van der Waals surface area (Å²) >= 11 is 0. The number of nitrogens with zero attached hydrogens (tertiary/aromatic N) is 2. The van der Waals surface area contributed by atoms with Gasteiger partial charge in [-0.2, -0.15) is 10.5 Å². The quantitative estimate of drug-likeness (QED) is 0.904. The van der Waals surface area contributed by atoms with Crippen LogP contribution >= 0.6 is 0 Å². The molecule has 2 aromatic rings. The molecule has 0 aromatic heterocycles. The normalized spacial score (nSPS) is 9.39. The van der Waals surface area contributed by atoms with Crippen LogP contribution in [0.3, 0.4) is 0 Å². The van der Waals surface area contributed by atoms with Gasteiger partial charge in [0.15, 0.2) is 0 Å². The molecule has 0 bridgehead atoms. The fourth-order valence-electron chi connectivity index (χ4n) is 2.08. The topological polar surface area (TPSA) is 97.9 Å². The third kappa shape index (κ3) is 3.58. The molecular weight excluding hydrogens is 292 g/mol. The van der Waals surface area contributed by atoms with E-state index in [0.717, 1.165) is 0 Å². The van der Waals surface area contributed by atoms with Crippen LogP contribution < -0.4 is 15.4 Å². The third-order valence-electron chi connectivity index (χ3n) is 3.09. The largest absolute Gasteiger partial charge is 0.494 e. The first-order chi connectivity index (χ1) is 11.1. The number of nitrogens with one attached hydrogen (secondary N) is 2. The predicted octanol–water partition coefficient (Wildman–Crippen LogP) is 3.14. The minimum absolute atomic E-state index is 0.203. The first kappa shape index (κ1) is 15.9. The Morgan fingerprint density at radius 1 is 1.13 bits per heavy atom. The summed E-state index contributed by atoms with van der Waals surface area (Å²) in [4.78, 5) is 11.2. The fourth-order valence-corrected chi connectivity index (χ4v) is 2.08. The lowest BCUT2D eigenvalue weighted by Gasteiger charge is -2.14. The average Bonchev–Trinajstić information content (AvgIpc) is 2.55. The second-order valence-electron chi connectivity index (χ2n) is 4.67. The maximum atomic E-state index is 11.2. The number of benzene rings is 2. The Balaban J connectivity index is 2.41. The molecule has 6 heteroatoms. The molecule has 0 saturated carbocycles. The summed E-state index contributed by atoms with van der Waals surface area (Å²) in [5, 5.41) is 24.1. The van der Waals surface area contributed by atoms with Gasteiger partial charge in [-0.05, 0) is 24.3 Å². The minimum atomic E-state index is -0.203. The van der Waals surface area contributed by atoms with Crippen LogP contribution in [0.2, 0.25) is 0 Å². The lowest BCUT2D eigenvalue weighted by atomic mass is 10.1. The van der Waals surface area contributed by atoms with E-state index in [1.165, 1.54) is 14.0 Å². The number of amides is 1.